The molecule has 0 amide bonds. The fourth-order valence-corrected chi connectivity index (χ4v) is 4.34. The molecule has 1 atom stereocenters. The number of aliphatic imine (C=N–C) groups is 1. The number of aryl methyl sites for hydroxylation is 1. The molecule has 0 bridgehead atoms. The molecule has 138 valence electrons. The maximum absolute atomic E-state index is 11.2. The van der Waals surface area contributed by atoms with Gasteiger partial charge in [0.15, 0.2) is 0 Å². The van der Waals surface area contributed by atoms with E-state index in [1.54, 1.807) is 12.1 Å². The van der Waals surface area contributed by atoms with Crippen LogP contribution in [0.3, 0.4) is 0 Å². The van der Waals surface area contributed by atoms with E-state index < -0.39 is 5.97 Å². The molecular formula is C24H20N2O2. The fourth-order valence-electron chi connectivity index (χ4n) is 4.34. The average molecular weight is 368 g/mol. The molecule has 1 unspecified atom stereocenters. The van der Waals surface area contributed by atoms with Gasteiger partial charge in [-0.3, -0.25) is 4.99 Å². The summed E-state index contributed by atoms with van der Waals surface area (Å²) in [5.74, 6) is -0.903. The van der Waals surface area contributed by atoms with E-state index in [9.17, 15) is 9.90 Å². The van der Waals surface area contributed by atoms with Gasteiger partial charge in [-0.2, -0.15) is 0 Å². The molecule has 2 aromatic carbocycles. The number of fused-ring (bicyclic) bond motifs is 3. The molecule has 0 radical (unpaired) electrons. The second-order valence-electron chi connectivity index (χ2n) is 7.29. The van der Waals surface area contributed by atoms with Gasteiger partial charge in [0.05, 0.1) is 11.6 Å². The van der Waals surface area contributed by atoms with Crippen molar-refractivity contribution in [3.63, 3.8) is 0 Å². The molecule has 3 aromatic rings. The van der Waals surface area contributed by atoms with Crippen molar-refractivity contribution in [1.29, 1.82) is 0 Å². The molecule has 1 N–H and O–H groups in total. The molecule has 0 saturated heterocycles. The third-order valence-corrected chi connectivity index (χ3v) is 5.67. The number of allylic oxidation sites excluding steroid dienone is 1. The van der Waals surface area contributed by atoms with Crippen molar-refractivity contribution in [2.24, 2.45) is 4.99 Å². The third kappa shape index (κ3) is 2.69. The minimum absolute atomic E-state index is 0.174. The van der Waals surface area contributed by atoms with Gasteiger partial charge in [-0.05, 0) is 54.2 Å². The third-order valence-electron chi connectivity index (χ3n) is 5.67. The zero-order valence-electron chi connectivity index (χ0n) is 15.4. The van der Waals surface area contributed by atoms with E-state index in [0.29, 0.717) is 5.56 Å². The highest BCUT2D eigenvalue weighted by atomic mass is 16.4. The Hall–Kier alpha value is -3.40. The second kappa shape index (κ2) is 6.64. The van der Waals surface area contributed by atoms with E-state index in [4.69, 9.17) is 0 Å². The summed E-state index contributed by atoms with van der Waals surface area (Å²) < 4.78 is 2.40. The average Bonchev–Trinajstić information content (AvgIpc) is 3.14. The van der Waals surface area contributed by atoms with E-state index in [1.807, 2.05) is 24.5 Å². The molecule has 0 spiro atoms. The van der Waals surface area contributed by atoms with Gasteiger partial charge >= 0.3 is 5.97 Å². The molecule has 1 aliphatic heterocycles. The van der Waals surface area contributed by atoms with Gasteiger partial charge in [-0.15, -0.1) is 0 Å². The number of aromatic carboxylic acids is 1. The fraction of sp³-hybridized carbons (Fsp3) is 0.167. The number of carbonyl (C=O) groups is 1. The first-order chi connectivity index (χ1) is 13.7. The van der Waals surface area contributed by atoms with Crippen molar-refractivity contribution in [2.45, 2.75) is 25.3 Å². The van der Waals surface area contributed by atoms with Crippen LogP contribution in [-0.4, -0.2) is 21.9 Å². The largest absolute Gasteiger partial charge is 0.478 e. The Morgan fingerprint density at radius 1 is 1.04 bits per heavy atom. The normalized spacial score (nSPS) is 17.2. The zero-order valence-corrected chi connectivity index (χ0v) is 15.4. The lowest BCUT2D eigenvalue weighted by Crippen LogP contribution is -2.17. The van der Waals surface area contributed by atoms with Crippen molar-refractivity contribution in [1.82, 2.24) is 4.57 Å². The minimum atomic E-state index is -0.903. The molecule has 2 aliphatic rings. The molecule has 5 rings (SSSR count). The Morgan fingerprint density at radius 2 is 1.86 bits per heavy atom. The lowest BCUT2D eigenvalue weighted by Gasteiger charge is -2.24. The Morgan fingerprint density at radius 3 is 2.61 bits per heavy atom. The van der Waals surface area contributed by atoms with Crippen LogP contribution in [-0.2, 0) is 12.8 Å². The first-order valence-corrected chi connectivity index (χ1v) is 9.57. The lowest BCUT2D eigenvalue weighted by atomic mass is 9.89. The highest BCUT2D eigenvalue weighted by Gasteiger charge is 2.26. The van der Waals surface area contributed by atoms with Crippen molar-refractivity contribution in [3.05, 3.63) is 83.7 Å². The minimum Gasteiger partial charge on any atom is -0.478 e. The van der Waals surface area contributed by atoms with Crippen LogP contribution in [0.2, 0.25) is 0 Å². The summed E-state index contributed by atoms with van der Waals surface area (Å²) in [6.07, 6.45) is 8.90. The van der Waals surface area contributed by atoms with Crippen LogP contribution >= 0.6 is 0 Å². The molecule has 0 saturated carbocycles. The number of carboxylic acid groups (broad SMARTS) is 1. The first-order valence-electron chi connectivity index (χ1n) is 9.57. The van der Waals surface area contributed by atoms with Crippen molar-refractivity contribution in [2.75, 3.05) is 0 Å². The lowest BCUT2D eigenvalue weighted by molar-refractivity contribution is 0.0697. The molecule has 1 aromatic heterocycles. The summed E-state index contributed by atoms with van der Waals surface area (Å²) in [6.45, 7) is 0. The molecular weight excluding hydrogens is 348 g/mol. The topological polar surface area (TPSA) is 54.6 Å². The van der Waals surface area contributed by atoms with Crippen molar-refractivity contribution < 1.29 is 9.90 Å². The van der Waals surface area contributed by atoms with E-state index in [-0.39, 0.29) is 6.04 Å². The predicted octanol–water partition coefficient (Wildman–Crippen LogP) is 5.15. The van der Waals surface area contributed by atoms with Crippen LogP contribution in [0.4, 0.5) is 0 Å². The molecule has 4 heteroatoms. The SMILES string of the molecule is O=C(O)c1ccc(-c2cc3c(n2C2C=NC=CC2)CCc2ccccc2-3)cc1. The number of carboxylic acids is 1. The monoisotopic (exact) mass is 368 g/mol. The highest BCUT2D eigenvalue weighted by Crippen LogP contribution is 2.41. The smallest absolute Gasteiger partial charge is 0.335 e. The van der Waals surface area contributed by atoms with Crippen LogP contribution in [0.25, 0.3) is 22.4 Å². The van der Waals surface area contributed by atoms with Crippen molar-refractivity contribution in [3.8, 4) is 22.4 Å². The van der Waals surface area contributed by atoms with E-state index in [1.165, 1.54) is 22.4 Å². The number of benzene rings is 2. The molecule has 1 aliphatic carbocycles. The van der Waals surface area contributed by atoms with Crippen LogP contribution in [0.15, 0.2) is 71.9 Å². The summed E-state index contributed by atoms with van der Waals surface area (Å²) >= 11 is 0. The standard InChI is InChI=1S/C24H20N2O2/c27-24(28)18-9-7-17(8-10-18)23-14-21-20-6-2-1-4-16(20)11-12-22(21)26(23)19-5-3-13-25-15-19/h1-4,6-10,13-15,19H,5,11-12H2,(H,27,28). The molecule has 4 nitrogen and oxygen atoms in total. The van der Waals surface area contributed by atoms with Gasteiger partial charge < -0.3 is 9.67 Å². The molecule has 0 fully saturated rings. The Kier molecular flexibility index (Phi) is 3.97. The predicted molar refractivity (Wildman–Crippen MR) is 111 cm³/mol. The van der Waals surface area contributed by atoms with E-state index >= 15 is 0 Å². The van der Waals surface area contributed by atoms with Gasteiger partial charge in [-0.25, -0.2) is 4.79 Å². The van der Waals surface area contributed by atoms with Crippen LogP contribution in [0.1, 0.15) is 34.1 Å². The van der Waals surface area contributed by atoms with E-state index in [0.717, 1.165) is 30.5 Å². The Labute approximate surface area is 163 Å². The van der Waals surface area contributed by atoms with Gasteiger partial charge in [0, 0.05) is 29.4 Å². The van der Waals surface area contributed by atoms with Crippen LogP contribution in [0.5, 0.6) is 0 Å². The van der Waals surface area contributed by atoms with Gasteiger partial charge in [0.1, 0.15) is 0 Å². The summed E-state index contributed by atoms with van der Waals surface area (Å²) in [7, 11) is 0. The zero-order chi connectivity index (χ0) is 19.1. The maximum atomic E-state index is 11.2. The summed E-state index contributed by atoms with van der Waals surface area (Å²) in [4.78, 5) is 15.6. The molecule has 2 heterocycles. The summed E-state index contributed by atoms with van der Waals surface area (Å²) in [5.41, 5.74) is 7.75. The maximum Gasteiger partial charge on any atom is 0.335 e. The summed E-state index contributed by atoms with van der Waals surface area (Å²) in [5, 5.41) is 9.22. The van der Waals surface area contributed by atoms with Gasteiger partial charge in [-0.1, -0.05) is 42.5 Å². The number of hydrogen-bond acceptors (Lipinski definition) is 2. The number of nitrogens with zero attached hydrogens (tertiary/aromatic N) is 2. The quantitative estimate of drug-likeness (QED) is 0.695. The number of rotatable bonds is 3. The van der Waals surface area contributed by atoms with Crippen LogP contribution < -0.4 is 0 Å². The number of hydrogen-bond donors (Lipinski definition) is 1. The number of aromatic nitrogens is 1. The highest BCUT2D eigenvalue weighted by molar-refractivity contribution is 5.88. The first kappa shape index (κ1) is 16.8. The van der Waals surface area contributed by atoms with Crippen LogP contribution in [0, 0.1) is 0 Å². The van der Waals surface area contributed by atoms with Gasteiger partial charge in [0.2, 0.25) is 0 Å². The summed E-state index contributed by atoms with van der Waals surface area (Å²) in [6, 6.07) is 18.2. The molecule has 28 heavy (non-hydrogen) atoms. The second-order valence-corrected chi connectivity index (χ2v) is 7.29. The Balaban J connectivity index is 1.70. The Bertz CT molecular complexity index is 1120. The van der Waals surface area contributed by atoms with E-state index in [2.05, 4.69) is 46.0 Å². The van der Waals surface area contributed by atoms with Crippen molar-refractivity contribution >= 4 is 12.2 Å². The van der Waals surface area contributed by atoms with Gasteiger partial charge in [0.25, 0.3) is 0 Å².